The average molecular weight is 696 g/mol. The number of rotatable bonds is 10. The van der Waals surface area contributed by atoms with Gasteiger partial charge in [-0.15, -0.1) is 0 Å². The summed E-state index contributed by atoms with van der Waals surface area (Å²) in [7, 11) is 4.53. The van der Waals surface area contributed by atoms with E-state index in [-0.39, 0.29) is 32.6 Å². The van der Waals surface area contributed by atoms with Crippen molar-refractivity contribution in [2.24, 2.45) is 0 Å². The van der Waals surface area contributed by atoms with E-state index in [0.29, 0.717) is 64.0 Å². The first-order valence-corrected chi connectivity index (χ1v) is 16.4. The maximum Gasteiger partial charge on any atom is 0.260 e. The van der Waals surface area contributed by atoms with Gasteiger partial charge in [0.25, 0.3) is 5.56 Å². The number of carbonyl (C=O) groups excluding carboxylic acids is 1. The van der Waals surface area contributed by atoms with Gasteiger partial charge in [0.15, 0.2) is 5.82 Å². The van der Waals surface area contributed by atoms with E-state index in [2.05, 4.69) is 42.5 Å². The second kappa shape index (κ2) is 14.4. The Balaban J connectivity index is 1.68. The van der Waals surface area contributed by atoms with Crippen LogP contribution in [0.3, 0.4) is 0 Å². The molecule has 1 N–H and O–H groups in total. The van der Waals surface area contributed by atoms with Gasteiger partial charge in [0.05, 0.1) is 53.9 Å². The van der Waals surface area contributed by atoms with Crippen molar-refractivity contribution in [3.8, 4) is 39.8 Å². The lowest BCUT2D eigenvalue weighted by atomic mass is 10.0. The van der Waals surface area contributed by atoms with Gasteiger partial charge in [-0.05, 0) is 45.5 Å². The van der Waals surface area contributed by atoms with Crippen LogP contribution in [-0.2, 0) is 11.3 Å². The number of carbonyl (C=O) groups is 1. The predicted octanol–water partition coefficient (Wildman–Crippen LogP) is 6.52. The Hall–Kier alpha value is -4.32. The van der Waals surface area contributed by atoms with E-state index in [1.807, 2.05) is 19.1 Å². The summed E-state index contributed by atoms with van der Waals surface area (Å²) >= 11 is 13.4. The number of aryl methyl sites for hydroxylation is 1. The van der Waals surface area contributed by atoms with Crippen LogP contribution in [0.1, 0.15) is 27.7 Å². The number of ether oxygens (including phenoxy) is 3. The standard InChI is InChI=1S/C35H40Cl2N6O5/c1-9-29(44)39-24-13-22(26(46-6)14-25(24)41-17-19(4)42(10-2)20(5)18-41)33-38-16-21-12-23(35(45)43(11-3)34(21)40-33)30-31(36)27(47-7)15-28(48-8)32(30)37/h9,12-16,19-20H,1,10-11,17-18H2,2-8H3,(H,39,44)/t19-,20+. The summed E-state index contributed by atoms with van der Waals surface area (Å²) in [4.78, 5) is 40.9. The van der Waals surface area contributed by atoms with Crippen LogP contribution in [0.25, 0.3) is 33.5 Å². The van der Waals surface area contributed by atoms with Crippen LogP contribution >= 0.6 is 23.2 Å². The highest BCUT2D eigenvalue weighted by Crippen LogP contribution is 2.46. The van der Waals surface area contributed by atoms with Crippen LogP contribution in [0, 0.1) is 0 Å². The van der Waals surface area contributed by atoms with Crippen molar-refractivity contribution in [3.63, 3.8) is 0 Å². The van der Waals surface area contributed by atoms with Gasteiger partial charge in [0, 0.05) is 61.0 Å². The van der Waals surface area contributed by atoms with Crippen molar-refractivity contribution in [2.45, 2.75) is 46.3 Å². The van der Waals surface area contributed by atoms with Crippen LogP contribution in [0.2, 0.25) is 10.0 Å². The van der Waals surface area contributed by atoms with Crippen molar-refractivity contribution >= 4 is 51.5 Å². The quantitative estimate of drug-likeness (QED) is 0.186. The van der Waals surface area contributed by atoms with Gasteiger partial charge in [-0.3, -0.25) is 19.1 Å². The fraction of sp³-hybridized carbons (Fsp3) is 0.371. The molecule has 1 saturated heterocycles. The van der Waals surface area contributed by atoms with Crippen molar-refractivity contribution in [1.82, 2.24) is 19.4 Å². The molecular weight excluding hydrogens is 655 g/mol. The monoisotopic (exact) mass is 694 g/mol. The van der Waals surface area contributed by atoms with Crippen LogP contribution in [0.4, 0.5) is 11.4 Å². The first kappa shape index (κ1) is 35.0. The third kappa shape index (κ3) is 6.29. The number of benzene rings is 2. The average Bonchev–Trinajstić information content (AvgIpc) is 3.08. The Kier molecular flexibility index (Phi) is 10.5. The number of halogens is 2. The predicted molar refractivity (Wildman–Crippen MR) is 192 cm³/mol. The summed E-state index contributed by atoms with van der Waals surface area (Å²) in [5.41, 5.74) is 2.51. The number of likely N-dealkylation sites (N-methyl/N-ethyl adjacent to an activating group) is 1. The topological polar surface area (TPSA) is 111 Å². The summed E-state index contributed by atoms with van der Waals surface area (Å²) in [5.74, 6) is 1.11. The second-order valence-electron chi connectivity index (χ2n) is 11.6. The summed E-state index contributed by atoms with van der Waals surface area (Å²) in [6.07, 6.45) is 2.86. The van der Waals surface area contributed by atoms with Crippen LogP contribution in [0.5, 0.6) is 17.2 Å². The first-order chi connectivity index (χ1) is 23.0. The zero-order valence-corrected chi connectivity index (χ0v) is 29.7. The lowest BCUT2D eigenvalue weighted by Gasteiger charge is -2.45. The van der Waals surface area contributed by atoms with Crippen LogP contribution in [0.15, 0.2) is 47.9 Å². The molecule has 48 heavy (non-hydrogen) atoms. The van der Waals surface area contributed by atoms with E-state index in [4.69, 9.17) is 47.4 Å². The van der Waals surface area contributed by atoms with Crippen molar-refractivity contribution in [1.29, 1.82) is 0 Å². The first-order valence-electron chi connectivity index (χ1n) is 15.7. The molecule has 0 radical (unpaired) electrons. The van der Waals surface area contributed by atoms with Gasteiger partial charge in [-0.1, -0.05) is 36.7 Å². The fourth-order valence-corrected chi connectivity index (χ4v) is 7.22. The van der Waals surface area contributed by atoms with E-state index in [1.165, 1.54) is 24.9 Å². The van der Waals surface area contributed by atoms with Gasteiger partial charge in [0.1, 0.15) is 22.9 Å². The smallest absolute Gasteiger partial charge is 0.260 e. The third-order valence-corrected chi connectivity index (χ3v) is 9.55. The van der Waals surface area contributed by atoms with E-state index in [0.717, 1.165) is 25.3 Å². The van der Waals surface area contributed by atoms with E-state index in [1.54, 1.807) is 25.4 Å². The minimum absolute atomic E-state index is 0.179. The number of piperazine rings is 1. The summed E-state index contributed by atoms with van der Waals surface area (Å²) in [6.45, 7) is 14.8. The van der Waals surface area contributed by atoms with E-state index >= 15 is 0 Å². The molecule has 0 spiro atoms. The number of anilines is 2. The normalized spacial score (nSPS) is 16.6. The Morgan fingerprint density at radius 3 is 2.12 bits per heavy atom. The molecule has 5 rings (SSSR count). The number of hydrogen-bond donors (Lipinski definition) is 1. The highest BCUT2D eigenvalue weighted by molar-refractivity contribution is 6.41. The SMILES string of the molecule is C=CC(=O)Nc1cc(-c2ncc3cc(-c4c(Cl)c(OC)cc(OC)c4Cl)c(=O)n(CC)c3n2)c(OC)cc1N1C[C@@H](C)N(CC)[C@@H](C)C1. The molecule has 3 heterocycles. The molecule has 1 fully saturated rings. The van der Waals surface area contributed by atoms with Crippen LogP contribution < -0.4 is 30.0 Å². The summed E-state index contributed by atoms with van der Waals surface area (Å²) < 4.78 is 18.3. The number of pyridine rings is 1. The van der Waals surface area contributed by atoms with Gasteiger partial charge >= 0.3 is 0 Å². The van der Waals surface area contributed by atoms with Crippen molar-refractivity contribution < 1.29 is 19.0 Å². The number of nitrogens with one attached hydrogen (secondary N) is 1. The summed E-state index contributed by atoms with van der Waals surface area (Å²) in [6, 6.07) is 7.54. The minimum atomic E-state index is -0.357. The minimum Gasteiger partial charge on any atom is -0.496 e. The fourth-order valence-electron chi connectivity index (χ4n) is 6.52. The van der Waals surface area contributed by atoms with E-state index in [9.17, 15) is 9.59 Å². The largest absolute Gasteiger partial charge is 0.496 e. The third-order valence-electron chi connectivity index (χ3n) is 8.80. The van der Waals surface area contributed by atoms with Crippen molar-refractivity contribution in [3.05, 3.63) is 63.5 Å². The molecule has 4 aromatic rings. The van der Waals surface area contributed by atoms with E-state index < -0.39 is 0 Å². The maximum absolute atomic E-state index is 14.0. The molecule has 1 amide bonds. The van der Waals surface area contributed by atoms with Gasteiger partial charge < -0.3 is 24.4 Å². The molecule has 2 aromatic heterocycles. The zero-order valence-electron chi connectivity index (χ0n) is 28.2. The number of amides is 1. The zero-order chi connectivity index (χ0) is 34.9. The van der Waals surface area contributed by atoms with Gasteiger partial charge in [-0.2, -0.15) is 0 Å². The molecule has 2 atom stereocenters. The van der Waals surface area contributed by atoms with Crippen molar-refractivity contribution in [2.75, 3.05) is 51.2 Å². The number of hydrogen-bond acceptors (Lipinski definition) is 9. The molecule has 0 bridgehead atoms. The molecule has 13 heteroatoms. The molecule has 1 aliphatic heterocycles. The highest BCUT2D eigenvalue weighted by Gasteiger charge is 2.31. The number of nitrogens with zero attached hydrogens (tertiary/aromatic N) is 5. The van der Waals surface area contributed by atoms with Crippen LogP contribution in [-0.4, -0.2) is 78.4 Å². The molecule has 0 unspecified atom stereocenters. The molecule has 0 aliphatic carbocycles. The number of methoxy groups -OCH3 is 3. The molecule has 11 nitrogen and oxygen atoms in total. The summed E-state index contributed by atoms with van der Waals surface area (Å²) in [5, 5.41) is 3.91. The highest BCUT2D eigenvalue weighted by atomic mass is 35.5. The Labute approximate surface area is 290 Å². The maximum atomic E-state index is 14.0. The van der Waals surface area contributed by atoms with Gasteiger partial charge in [0.2, 0.25) is 5.91 Å². The molecule has 254 valence electrons. The second-order valence-corrected chi connectivity index (χ2v) is 12.3. The molecular formula is C35H40Cl2N6O5. The number of fused-ring (bicyclic) bond motifs is 1. The Bertz CT molecular complexity index is 1910. The Morgan fingerprint density at radius 1 is 0.958 bits per heavy atom. The van der Waals surface area contributed by atoms with Gasteiger partial charge in [-0.25, -0.2) is 9.97 Å². The lowest BCUT2D eigenvalue weighted by Crippen LogP contribution is -2.56. The lowest BCUT2D eigenvalue weighted by molar-refractivity contribution is -0.111. The molecule has 1 aliphatic rings. The Morgan fingerprint density at radius 2 is 1.58 bits per heavy atom. The molecule has 2 aromatic carbocycles. The number of aromatic nitrogens is 3. The molecule has 0 saturated carbocycles.